The first-order valence-corrected chi connectivity index (χ1v) is 7.08. The summed E-state index contributed by atoms with van der Waals surface area (Å²) in [5.41, 5.74) is 0.814. The Bertz CT molecular complexity index is 493. The molecule has 1 fully saturated rings. The minimum absolute atomic E-state index is 0.211. The van der Waals surface area contributed by atoms with Gasteiger partial charge in [0.05, 0.1) is 5.56 Å². The molecule has 0 N–H and O–H groups in total. The van der Waals surface area contributed by atoms with E-state index < -0.39 is 0 Å². The van der Waals surface area contributed by atoms with Gasteiger partial charge < -0.3 is 4.74 Å². The van der Waals surface area contributed by atoms with Crippen molar-refractivity contribution in [1.82, 2.24) is 9.80 Å². The van der Waals surface area contributed by atoms with Crippen molar-refractivity contribution in [2.75, 3.05) is 39.8 Å². The predicted octanol–water partition coefficient (Wildman–Crippen LogP) is 1.96. The van der Waals surface area contributed by atoms with E-state index in [9.17, 15) is 0 Å². The van der Waals surface area contributed by atoms with E-state index in [4.69, 9.17) is 10.00 Å². The van der Waals surface area contributed by atoms with Crippen LogP contribution >= 0.6 is 0 Å². The number of rotatable bonds is 4. The summed E-state index contributed by atoms with van der Waals surface area (Å²) >= 11 is 0. The van der Waals surface area contributed by atoms with Crippen LogP contribution in [0.15, 0.2) is 24.3 Å². The molecule has 1 aromatic rings. The Morgan fingerprint density at radius 2 is 2.05 bits per heavy atom. The van der Waals surface area contributed by atoms with Crippen LogP contribution in [0.4, 0.5) is 0 Å². The smallest absolute Gasteiger partial charge is 0.137 e. The fourth-order valence-corrected chi connectivity index (χ4v) is 2.50. The second-order valence-corrected chi connectivity index (χ2v) is 5.97. The van der Waals surface area contributed by atoms with Crippen molar-refractivity contribution in [2.24, 2.45) is 0 Å². The molecule has 2 rings (SSSR count). The summed E-state index contributed by atoms with van der Waals surface area (Å²) < 4.78 is 5.75. The predicted molar refractivity (Wildman–Crippen MR) is 79.8 cm³/mol. The van der Waals surface area contributed by atoms with Crippen LogP contribution in [-0.4, -0.2) is 55.2 Å². The van der Waals surface area contributed by atoms with Crippen LogP contribution in [0.3, 0.4) is 0 Å². The van der Waals surface area contributed by atoms with Crippen LogP contribution in [0, 0.1) is 11.3 Å². The topological polar surface area (TPSA) is 39.5 Å². The summed E-state index contributed by atoms with van der Waals surface area (Å²) in [6.45, 7) is 9.27. The van der Waals surface area contributed by atoms with E-state index in [2.05, 4.69) is 36.8 Å². The molecule has 0 aromatic heterocycles. The Hall–Kier alpha value is -1.57. The van der Waals surface area contributed by atoms with Crippen LogP contribution in [0.1, 0.15) is 19.4 Å². The molecule has 4 nitrogen and oxygen atoms in total. The maximum Gasteiger partial charge on any atom is 0.137 e. The van der Waals surface area contributed by atoms with Gasteiger partial charge in [-0.05, 0) is 33.0 Å². The third-order valence-corrected chi connectivity index (χ3v) is 4.07. The summed E-state index contributed by atoms with van der Waals surface area (Å²) in [7, 11) is 2.18. The van der Waals surface area contributed by atoms with Crippen molar-refractivity contribution < 1.29 is 4.74 Å². The first kappa shape index (κ1) is 14.8. The van der Waals surface area contributed by atoms with E-state index in [0.717, 1.165) is 26.2 Å². The largest absolute Gasteiger partial charge is 0.491 e. The lowest BCUT2D eigenvalue weighted by Crippen LogP contribution is -2.58. The molecule has 0 spiro atoms. The number of nitriles is 1. The van der Waals surface area contributed by atoms with Gasteiger partial charge in [-0.15, -0.1) is 0 Å². The summed E-state index contributed by atoms with van der Waals surface area (Å²) in [6.07, 6.45) is 0. The molecule has 4 heteroatoms. The molecule has 0 amide bonds. The third kappa shape index (κ3) is 3.50. The highest BCUT2D eigenvalue weighted by Gasteiger charge is 2.30. The molecule has 20 heavy (non-hydrogen) atoms. The van der Waals surface area contributed by atoms with E-state index in [-0.39, 0.29) is 5.54 Å². The van der Waals surface area contributed by atoms with Gasteiger partial charge in [0, 0.05) is 31.7 Å². The maximum atomic E-state index is 9.02. The number of hydrogen-bond donors (Lipinski definition) is 0. The Morgan fingerprint density at radius 3 is 2.75 bits per heavy atom. The van der Waals surface area contributed by atoms with Crippen LogP contribution in [0.25, 0.3) is 0 Å². The van der Waals surface area contributed by atoms with E-state index in [1.165, 1.54) is 0 Å². The number of ether oxygens (including phenoxy) is 1. The lowest BCUT2D eigenvalue weighted by molar-refractivity contribution is 0.0338. The Kier molecular flexibility index (Phi) is 4.64. The van der Waals surface area contributed by atoms with Crippen molar-refractivity contribution in [3.05, 3.63) is 29.8 Å². The molecular weight excluding hydrogens is 250 g/mol. The van der Waals surface area contributed by atoms with E-state index in [1.807, 2.05) is 18.2 Å². The van der Waals surface area contributed by atoms with Gasteiger partial charge in [0.2, 0.25) is 0 Å². The van der Waals surface area contributed by atoms with Crippen molar-refractivity contribution in [2.45, 2.75) is 19.4 Å². The van der Waals surface area contributed by atoms with Crippen molar-refractivity contribution in [1.29, 1.82) is 5.26 Å². The number of piperazine rings is 1. The number of likely N-dealkylation sites (N-methyl/N-ethyl adjacent to an activating group) is 1. The van der Waals surface area contributed by atoms with Crippen molar-refractivity contribution >= 4 is 0 Å². The third-order valence-electron chi connectivity index (χ3n) is 4.07. The highest BCUT2D eigenvalue weighted by molar-refractivity contribution is 5.42. The Labute approximate surface area is 121 Å². The van der Waals surface area contributed by atoms with Crippen LogP contribution in [0.5, 0.6) is 5.75 Å². The molecular formula is C16H23N3O. The first-order chi connectivity index (χ1) is 9.53. The van der Waals surface area contributed by atoms with Gasteiger partial charge in [0.1, 0.15) is 18.4 Å². The molecule has 0 radical (unpaired) electrons. The zero-order valence-corrected chi connectivity index (χ0v) is 12.6. The molecule has 1 aliphatic rings. The minimum atomic E-state index is 0.211. The number of hydrogen-bond acceptors (Lipinski definition) is 4. The maximum absolute atomic E-state index is 9.02. The standard InChI is InChI=1S/C16H23N3O/c1-16(2)13-19(9-8-18(16)3)10-11-20-15-7-5-4-6-14(15)12-17/h4-7H,8-11,13H2,1-3H3. The average molecular weight is 273 g/mol. The molecule has 108 valence electrons. The molecule has 1 saturated heterocycles. The molecule has 0 saturated carbocycles. The highest BCUT2D eigenvalue weighted by Crippen LogP contribution is 2.19. The fourth-order valence-electron chi connectivity index (χ4n) is 2.50. The lowest BCUT2D eigenvalue weighted by Gasteiger charge is -2.45. The Morgan fingerprint density at radius 1 is 1.30 bits per heavy atom. The van der Waals surface area contributed by atoms with E-state index in [1.54, 1.807) is 6.07 Å². The lowest BCUT2D eigenvalue weighted by atomic mass is 10.00. The average Bonchev–Trinajstić information content (AvgIpc) is 2.43. The van der Waals surface area contributed by atoms with Gasteiger partial charge in [-0.25, -0.2) is 0 Å². The van der Waals surface area contributed by atoms with Gasteiger partial charge in [-0.3, -0.25) is 9.80 Å². The van der Waals surface area contributed by atoms with Gasteiger partial charge >= 0.3 is 0 Å². The van der Waals surface area contributed by atoms with Crippen LogP contribution in [0.2, 0.25) is 0 Å². The van der Waals surface area contributed by atoms with Gasteiger partial charge in [0.15, 0.2) is 0 Å². The summed E-state index contributed by atoms with van der Waals surface area (Å²) in [6, 6.07) is 9.55. The van der Waals surface area contributed by atoms with Crippen molar-refractivity contribution in [3.63, 3.8) is 0 Å². The fraction of sp³-hybridized carbons (Fsp3) is 0.562. The summed E-state index contributed by atoms with van der Waals surface area (Å²) in [5, 5.41) is 9.02. The monoisotopic (exact) mass is 273 g/mol. The van der Waals surface area contributed by atoms with E-state index in [0.29, 0.717) is 17.9 Å². The second-order valence-electron chi connectivity index (χ2n) is 5.97. The number of nitrogens with zero attached hydrogens (tertiary/aromatic N) is 3. The van der Waals surface area contributed by atoms with E-state index >= 15 is 0 Å². The Balaban J connectivity index is 1.83. The zero-order valence-electron chi connectivity index (χ0n) is 12.6. The molecule has 0 bridgehead atoms. The first-order valence-electron chi connectivity index (χ1n) is 7.08. The normalized spacial score (nSPS) is 19.5. The zero-order chi connectivity index (χ0) is 14.6. The molecule has 1 aromatic carbocycles. The van der Waals surface area contributed by atoms with Crippen LogP contribution < -0.4 is 4.74 Å². The van der Waals surface area contributed by atoms with Gasteiger partial charge in [-0.2, -0.15) is 5.26 Å². The van der Waals surface area contributed by atoms with Gasteiger partial charge in [-0.1, -0.05) is 12.1 Å². The molecule has 0 atom stereocenters. The number of benzene rings is 1. The second kappa shape index (κ2) is 6.25. The number of para-hydroxylation sites is 1. The molecule has 1 heterocycles. The molecule has 0 aliphatic carbocycles. The molecule has 0 unspecified atom stereocenters. The summed E-state index contributed by atoms with van der Waals surface area (Å²) in [5.74, 6) is 0.684. The van der Waals surface area contributed by atoms with Crippen molar-refractivity contribution in [3.8, 4) is 11.8 Å². The molecule has 1 aliphatic heterocycles. The quantitative estimate of drug-likeness (QED) is 0.841. The van der Waals surface area contributed by atoms with Crippen LogP contribution in [-0.2, 0) is 0 Å². The van der Waals surface area contributed by atoms with Gasteiger partial charge in [0.25, 0.3) is 0 Å². The highest BCUT2D eigenvalue weighted by atomic mass is 16.5. The summed E-state index contributed by atoms with van der Waals surface area (Å²) in [4.78, 5) is 4.82. The minimum Gasteiger partial charge on any atom is -0.491 e. The SMILES string of the molecule is CN1CCN(CCOc2ccccc2C#N)CC1(C)C.